The first kappa shape index (κ1) is 18.3. The van der Waals surface area contributed by atoms with Crippen LogP contribution in [0, 0.1) is 5.92 Å². The lowest BCUT2D eigenvalue weighted by Crippen LogP contribution is -2.12. The fourth-order valence-corrected chi connectivity index (χ4v) is 1.42. The Balaban J connectivity index is 0. The number of aliphatic carboxylic acids is 2. The Kier molecular flexibility index (Phi) is 14.0. The second-order valence-corrected chi connectivity index (χ2v) is 4.11. The first-order valence-electron chi connectivity index (χ1n) is 6.44. The van der Waals surface area contributed by atoms with E-state index in [2.05, 4.69) is 0 Å². The van der Waals surface area contributed by atoms with Crippen LogP contribution >= 0.6 is 0 Å². The zero-order chi connectivity index (χ0) is 13.7. The lowest BCUT2D eigenvalue weighted by atomic mass is 9.99. The average molecular weight is 246 g/mol. The molecule has 4 nitrogen and oxygen atoms in total. The van der Waals surface area contributed by atoms with E-state index in [9.17, 15) is 9.59 Å². The maximum atomic E-state index is 10.5. The molecule has 0 unspecified atom stereocenters. The van der Waals surface area contributed by atoms with E-state index >= 15 is 0 Å². The molecule has 0 saturated carbocycles. The van der Waals surface area contributed by atoms with Crippen LogP contribution in [0.2, 0.25) is 0 Å². The van der Waals surface area contributed by atoms with Gasteiger partial charge in [-0.3, -0.25) is 9.59 Å². The van der Waals surface area contributed by atoms with E-state index in [1.807, 2.05) is 20.8 Å². The van der Waals surface area contributed by atoms with Crippen molar-refractivity contribution < 1.29 is 19.8 Å². The lowest BCUT2D eigenvalue weighted by Gasteiger charge is -2.07. The van der Waals surface area contributed by atoms with E-state index < -0.39 is 11.9 Å². The highest BCUT2D eigenvalue weighted by molar-refractivity contribution is 5.69. The summed E-state index contributed by atoms with van der Waals surface area (Å²) in [5.41, 5.74) is 0. The van der Waals surface area contributed by atoms with Crippen molar-refractivity contribution in [2.24, 2.45) is 5.92 Å². The number of carboxylic acid groups (broad SMARTS) is 2. The van der Waals surface area contributed by atoms with Gasteiger partial charge in [0.15, 0.2) is 0 Å². The van der Waals surface area contributed by atoms with E-state index in [0.717, 1.165) is 38.5 Å². The molecule has 0 aromatic rings. The molecule has 0 aliphatic heterocycles. The van der Waals surface area contributed by atoms with Crippen LogP contribution in [0.15, 0.2) is 0 Å². The van der Waals surface area contributed by atoms with Crippen molar-refractivity contribution in [1.82, 2.24) is 0 Å². The first-order chi connectivity index (χ1) is 7.99. The number of rotatable bonds is 8. The minimum Gasteiger partial charge on any atom is -0.481 e. The van der Waals surface area contributed by atoms with Crippen molar-refractivity contribution in [2.75, 3.05) is 0 Å². The van der Waals surface area contributed by atoms with Crippen molar-refractivity contribution in [1.29, 1.82) is 0 Å². The van der Waals surface area contributed by atoms with Crippen molar-refractivity contribution >= 4 is 11.9 Å². The van der Waals surface area contributed by atoms with Gasteiger partial charge in [-0.1, -0.05) is 40.0 Å². The topological polar surface area (TPSA) is 74.6 Å². The number of hydrogen-bond acceptors (Lipinski definition) is 2. The van der Waals surface area contributed by atoms with Gasteiger partial charge < -0.3 is 10.2 Å². The summed E-state index contributed by atoms with van der Waals surface area (Å²) in [5, 5.41) is 16.7. The molecule has 0 aliphatic carbocycles. The van der Waals surface area contributed by atoms with Crippen LogP contribution in [-0.2, 0) is 9.59 Å². The van der Waals surface area contributed by atoms with Gasteiger partial charge in [-0.2, -0.15) is 0 Å². The monoisotopic (exact) mass is 246 g/mol. The highest BCUT2D eigenvalue weighted by atomic mass is 16.4. The summed E-state index contributed by atoms with van der Waals surface area (Å²) in [6.07, 6.45) is 5.67. The molecule has 0 aliphatic rings. The molecule has 0 aromatic heterocycles. The van der Waals surface area contributed by atoms with Crippen molar-refractivity contribution in [2.45, 2.75) is 65.7 Å². The molecule has 17 heavy (non-hydrogen) atoms. The number of carbonyl (C=O) groups is 2. The number of carboxylic acids is 2. The molecule has 0 atom stereocenters. The Morgan fingerprint density at radius 3 is 1.59 bits per heavy atom. The van der Waals surface area contributed by atoms with E-state index in [-0.39, 0.29) is 5.92 Å². The van der Waals surface area contributed by atoms with Crippen LogP contribution in [0.3, 0.4) is 0 Å². The van der Waals surface area contributed by atoms with Crippen LogP contribution in [0.4, 0.5) is 0 Å². The molecule has 102 valence electrons. The Hall–Kier alpha value is -1.06. The van der Waals surface area contributed by atoms with E-state index in [1.54, 1.807) is 0 Å². The highest BCUT2D eigenvalue weighted by Gasteiger charge is 2.13. The third-order valence-electron chi connectivity index (χ3n) is 2.37. The van der Waals surface area contributed by atoms with Gasteiger partial charge in [0.2, 0.25) is 0 Å². The van der Waals surface area contributed by atoms with E-state index in [4.69, 9.17) is 10.2 Å². The van der Waals surface area contributed by atoms with Gasteiger partial charge in [-0.25, -0.2) is 0 Å². The third kappa shape index (κ3) is 14.9. The van der Waals surface area contributed by atoms with Crippen LogP contribution in [0.5, 0.6) is 0 Å². The summed E-state index contributed by atoms with van der Waals surface area (Å²) in [4.78, 5) is 20.2. The number of unbranched alkanes of at least 4 members (excludes halogenated alkanes) is 1. The normalized spacial score (nSPS) is 9.65. The van der Waals surface area contributed by atoms with Gasteiger partial charge >= 0.3 is 11.9 Å². The molecule has 0 heterocycles. The van der Waals surface area contributed by atoms with Gasteiger partial charge in [0.05, 0.1) is 5.92 Å². The molecule has 0 aromatic carbocycles. The molecule has 0 bridgehead atoms. The largest absolute Gasteiger partial charge is 0.481 e. The third-order valence-corrected chi connectivity index (χ3v) is 2.37. The smallest absolute Gasteiger partial charge is 0.306 e. The zero-order valence-corrected chi connectivity index (χ0v) is 11.2. The van der Waals surface area contributed by atoms with Gasteiger partial charge in [0.25, 0.3) is 0 Å². The number of hydrogen-bond donors (Lipinski definition) is 2. The van der Waals surface area contributed by atoms with Crippen molar-refractivity contribution in [3.8, 4) is 0 Å². The molecule has 0 radical (unpaired) electrons. The molecule has 2 N–H and O–H groups in total. The van der Waals surface area contributed by atoms with Crippen LogP contribution < -0.4 is 0 Å². The van der Waals surface area contributed by atoms with Crippen LogP contribution in [-0.4, -0.2) is 22.2 Å². The first-order valence-corrected chi connectivity index (χ1v) is 6.44. The van der Waals surface area contributed by atoms with Crippen LogP contribution in [0.1, 0.15) is 65.7 Å². The molecular weight excluding hydrogens is 220 g/mol. The summed E-state index contributed by atoms with van der Waals surface area (Å²) in [6, 6.07) is 0. The summed E-state index contributed by atoms with van der Waals surface area (Å²) in [6.45, 7) is 6.01. The Bertz CT molecular complexity index is 196. The summed E-state index contributed by atoms with van der Waals surface area (Å²) >= 11 is 0. The fraction of sp³-hybridized carbons (Fsp3) is 0.846. The second-order valence-electron chi connectivity index (χ2n) is 4.11. The molecular formula is C13H26O4. The molecule has 0 saturated heterocycles. The molecule has 0 spiro atoms. The predicted octanol–water partition coefficient (Wildman–Crippen LogP) is 3.55. The zero-order valence-electron chi connectivity index (χ0n) is 11.2. The standard InChI is InChI=1S/C8H16O2.C5H10O2/c1-3-5-7(6-4-2)8(9)10;1-2-3-4-5(6)7/h7H,3-6H2,1-2H3,(H,9,10);2-4H2,1H3,(H,6,7). The highest BCUT2D eigenvalue weighted by Crippen LogP contribution is 2.12. The Morgan fingerprint density at radius 2 is 1.41 bits per heavy atom. The fourth-order valence-electron chi connectivity index (χ4n) is 1.42. The van der Waals surface area contributed by atoms with Gasteiger partial charge in [-0.05, 0) is 19.3 Å². The molecule has 0 fully saturated rings. The van der Waals surface area contributed by atoms with Gasteiger partial charge in [-0.15, -0.1) is 0 Å². The minimum atomic E-state index is -0.693. The predicted molar refractivity (Wildman–Crippen MR) is 68.1 cm³/mol. The second kappa shape index (κ2) is 13.0. The average Bonchev–Trinajstić information content (AvgIpc) is 2.26. The van der Waals surface area contributed by atoms with Crippen molar-refractivity contribution in [3.05, 3.63) is 0 Å². The molecule has 0 rings (SSSR count). The maximum Gasteiger partial charge on any atom is 0.306 e. The SMILES string of the molecule is CCCC(CCC)C(=O)O.CCCCC(=O)O. The molecule has 4 heteroatoms. The molecule has 0 amide bonds. The minimum absolute atomic E-state index is 0.102. The Morgan fingerprint density at radius 1 is 0.941 bits per heavy atom. The summed E-state index contributed by atoms with van der Waals surface area (Å²) in [5.74, 6) is -1.43. The van der Waals surface area contributed by atoms with Crippen LogP contribution in [0.25, 0.3) is 0 Å². The Labute approximate surface area is 104 Å². The van der Waals surface area contributed by atoms with Crippen molar-refractivity contribution in [3.63, 3.8) is 0 Å². The van der Waals surface area contributed by atoms with Gasteiger partial charge in [0, 0.05) is 6.42 Å². The van der Waals surface area contributed by atoms with E-state index in [0.29, 0.717) is 6.42 Å². The summed E-state index contributed by atoms with van der Waals surface area (Å²) < 4.78 is 0. The van der Waals surface area contributed by atoms with E-state index in [1.165, 1.54) is 0 Å². The van der Waals surface area contributed by atoms with Gasteiger partial charge in [0.1, 0.15) is 0 Å². The lowest BCUT2D eigenvalue weighted by molar-refractivity contribution is -0.142. The summed E-state index contributed by atoms with van der Waals surface area (Å²) in [7, 11) is 0. The quantitative estimate of drug-likeness (QED) is 0.686. The maximum absolute atomic E-state index is 10.5.